The zero-order chi connectivity index (χ0) is 13.1. The number of carbonyl (C=O) groups is 1. The highest BCUT2D eigenvalue weighted by Crippen LogP contribution is 2.21. The molecule has 0 aliphatic carbocycles. The molecular formula is C15H15NO2. The molecule has 2 aromatic rings. The van der Waals surface area contributed by atoms with Crippen LogP contribution in [0, 0.1) is 13.8 Å². The zero-order valence-corrected chi connectivity index (χ0v) is 10.7. The number of esters is 1. The van der Waals surface area contributed by atoms with Crippen LogP contribution in [0.2, 0.25) is 0 Å². The number of hydrogen-bond acceptors (Lipinski definition) is 3. The smallest absolute Gasteiger partial charge is 0.337 e. The molecule has 0 saturated carbocycles. The van der Waals surface area contributed by atoms with Crippen LogP contribution in [-0.4, -0.2) is 18.1 Å². The number of rotatable bonds is 2. The Kier molecular flexibility index (Phi) is 3.42. The molecule has 3 nitrogen and oxygen atoms in total. The van der Waals surface area contributed by atoms with E-state index in [1.54, 1.807) is 6.07 Å². The highest BCUT2D eigenvalue weighted by Gasteiger charge is 2.09. The molecule has 0 N–H and O–H groups in total. The van der Waals surface area contributed by atoms with Crippen LogP contribution in [0.25, 0.3) is 11.3 Å². The Morgan fingerprint density at radius 3 is 2.50 bits per heavy atom. The molecule has 0 radical (unpaired) electrons. The number of pyridine rings is 1. The van der Waals surface area contributed by atoms with Gasteiger partial charge in [0.2, 0.25) is 0 Å². The first kappa shape index (κ1) is 12.3. The Morgan fingerprint density at radius 1 is 1.11 bits per heavy atom. The van der Waals surface area contributed by atoms with E-state index in [0.29, 0.717) is 5.56 Å². The van der Waals surface area contributed by atoms with Crippen molar-refractivity contribution in [2.75, 3.05) is 7.11 Å². The van der Waals surface area contributed by atoms with Gasteiger partial charge in [-0.15, -0.1) is 0 Å². The zero-order valence-electron chi connectivity index (χ0n) is 10.7. The summed E-state index contributed by atoms with van der Waals surface area (Å²) >= 11 is 0. The van der Waals surface area contributed by atoms with Gasteiger partial charge in [-0.3, -0.25) is 4.98 Å². The highest BCUT2D eigenvalue weighted by atomic mass is 16.5. The van der Waals surface area contributed by atoms with Gasteiger partial charge in [-0.25, -0.2) is 4.79 Å². The largest absolute Gasteiger partial charge is 0.465 e. The SMILES string of the molecule is COC(=O)c1cc(C)cc(-c2ccc(C)cn2)c1. The third kappa shape index (κ3) is 2.56. The van der Waals surface area contributed by atoms with Crippen LogP contribution >= 0.6 is 0 Å². The fourth-order valence-corrected chi connectivity index (χ4v) is 1.81. The number of carbonyl (C=O) groups excluding carboxylic acids is 1. The molecular weight excluding hydrogens is 226 g/mol. The van der Waals surface area contributed by atoms with Gasteiger partial charge in [0.25, 0.3) is 0 Å². The molecule has 0 spiro atoms. The minimum absolute atomic E-state index is 0.327. The van der Waals surface area contributed by atoms with E-state index < -0.39 is 0 Å². The van der Waals surface area contributed by atoms with Crippen LogP contribution in [0.1, 0.15) is 21.5 Å². The lowest BCUT2D eigenvalue weighted by atomic mass is 10.0. The van der Waals surface area contributed by atoms with Gasteiger partial charge in [0.15, 0.2) is 0 Å². The lowest BCUT2D eigenvalue weighted by Crippen LogP contribution is -2.02. The minimum atomic E-state index is -0.327. The average Bonchev–Trinajstić information content (AvgIpc) is 2.38. The molecule has 1 heterocycles. The Bertz CT molecular complexity index is 574. The molecule has 92 valence electrons. The van der Waals surface area contributed by atoms with Gasteiger partial charge in [-0.05, 0) is 49.2 Å². The topological polar surface area (TPSA) is 39.2 Å². The van der Waals surface area contributed by atoms with E-state index in [9.17, 15) is 4.79 Å². The lowest BCUT2D eigenvalue weighted by molar-refractivity contribution is 0.0600. The van der Waals surface area contributed by atoms with Crippen molar-refractivity contribution in [3.8, 4) is 11.3 Å². The summed E-state index contributed by atoms with van der Waals surface area (Å²) in [6, 6.07) is 9.57. The van der Waals surface area contributed by atoms with Crippen molar-refractivity contribution in [3.63, 3.8) is 0 Å². The van der Waals surface area contributed by atoms with Gasteiger partial charge in [-0.2, -0.15) is 0 Å². The van der Waals surface area contributed by atoms with E-state index in [-0.39, 0.29) is 5.97 Å². The predicted octanol–water partition coefficient (Wildman–Crippen LogP) is 3.15. The molecule has 0 saturated heterocycles. The summed E-state index contributed by atoms with van der Waals surface area (Å²) in [4.78, 5) is 15.9. The summed E-state index contributed by atoms with van der Waals surface area (Å²) in [5, 5.41) is 0. The van der Waals surface area contributed by atoms with Crippen LogP contribution in [0.15, 0.2) is 36.5 Å². The number of aryl methyl sites for hydroxylation is 2. The maximum atomic E-state index is 11.6. The van der Waals surface area contributed by atoms with E-state index in [2.05, 4.69) is 4.98 Å². The lowest BCUT2D eigenvalue weighted by Gasteiger charge is -2.06. The molecule has 1 aromatic carbocycles. The fraction of sp³-hybridized carbons (Fsp3) is 0.200. The van der Waals surface area contributed by atoms with E-state index in [0.717, 1.165) is 22.4 Å². The third-order valence-electron chi connectivity index (χ3n) is 2.71. The van der Waals surface area contributed by atoms with Gasteiger partial charge in [0, 0.05) is 11.8 Å². The van der Waals surface area contributed by atoms with Crippen LogP contribution in [0.4, 0.5) is 0 Å². The van der Waals surface area contributed by atoms with Crippen LogP contribution in [0.5, 0.6) is 0 Å². The highest BCUT2D eigenvalue weighted by molar-refractivity contribution is 5.91. The van der Waals surface area contributed by atoms with Crippen molar-refractivity contribution >= 4 is 5.97 Å². The van der Waals surface area contributed by atoms with Crippen molar-refractivity contribution < 1.29 is 9.53 Å². The molecule has 0 atom stereocenters. The third-order valence-corrected chi connectivity index (χ3v) is 2.71. The minimum Gasteiger partial charge on any atom is -0.465 e. The second-order valence-electron chi connectivity index (χ2n) is 4.30. The molecule has 0 aliphatic heterocycles. The average molecular weight is 241 g/mol. The standard InChI is InChI=1S/C15H15NO2/c1-10-4-5-14(16-9-10)12-6-11(2)7-13(8-12)15(17)18-3/h4-9H,1-3H3. The molecule has 3 heteroatoms. The quantitative estimate of drug-likeness (QED) is 0.758. The number of aromatic nitrogens is 1. The second-order valence-corrected chi connectivity index (χ2v) is 4.30. The van der Waals surface area contributed by atoms with Crippen molar-refractivity contribution in [2.45, 2.75) is 13.8 Å². The molecule has 0 amide bonds. The van der Waals surface area contributed by atoms with Crippen LogP contribution in [0.3, 0.4) is 0 Å². The van der Waals surface area contributed by atoms with E-state index in [4.69, 9.17) is 4.74 Å². The monoisotopic (exact) mass is 241 g/mol. The number of methoxy groups -OCH3 is 1. The number of nitrogens with zero attached hydrogens (tertiary/aromatic N) is 1. The van der Waals surface area contributed by atoms with Gasteiger partial charge in [0.05, 0.1) is 18.4 Å². The Hall–Kier alpha value is -2.16. The molecule has 0 aliphatic rings. The van der Waals surface area contributed by atoms with E-state index in [1.165, 1.54) is 7.11 Å². The summed E-state index contributed by atoms with van der Waals surface area (Å²) < 4.78 is 4.74. The van der Waals surface area contributed by atoms with Crippen LogP contribution in [-0.2, 0) is 4.74 Å². The van der Waals surface area contributed by atoms with Crippen molar-refractivity contribution in [3.05, 3.63) is 53.2 Å². The van der Waals surface area contributed by atoms with Gasteiger partial charge < -0.3 is 4.74 Å². The van der Waals surface area contributed by atoms with Crippen molar-refractivity contribution in [1.29, 1.82) is 0 Å². The van der Waals surface area contributed by atoms with Crippen LogP contribution < -0.4 is 0 Å². The van der Waals surface area contributed by atoms with Gasteiger partial charge in [-0.1, -0.05) is 6.07 Å². The first-order valence-corrected chi connectivity index (χ1v) is 5.73. The number of hydrogen-bond donors (Lipinski definition) is 0. The van der Waals surface area contributed by atoms with E-state index in [1.807, 2.05) is 44.3 Å². The normalized spacial score (nSPS) is 10.2. The number of ether oxygens (including phenoxy) is 1. The first-order valence-electron chi connectivity index (χ1n) is 5.73. The molecule has 18 heavy (non-hydrogen) atoms. The molecule has 0 unspecified atom stereocenters. The summed E-state index contributed by atoms with van der Waals surface area (Å²) in [7, 11) is 1.38. The van der Waals surface area contributed by atoms with Gasteiger partial charge in [0.1, 0.15) is 0 Å². The van der Waals surface area contributed by atoms with Gasteiger partial charge >= 0.3 is 5.97 Å². The molecule has 1 aromatic heterocycles. The summed E-state index contributed by atoms with van der Waals surface area (Å²) in [5.74, 6) is -0.327. The number of benzene rings is 1. The Labute approximate surface area is 106 Å². The maximum Gasteiger partial charge on any atom is 0.337 e. The summed E-state index contributed by atoms with van der Waals surface area (Å²) in [6.07, 6.45) is 1.81. The first-order chi connectivity index (χ1) is 8.60. The Balaban J connectivity index is 2.48. The summed E-state index contributed by atoms with van der Waals surface area (Å²) in [6.45, 7) is 3.94. The second kappa shape index (κ2) is 5.00. The Morgan fingerprint density at radius 2 is 1.89 bits per heavy atom. The molecule has 2 rings (SSSR count). The van der Waals surface area contributed by atoms with Crippen molar-refractivity contribution in [2.24, 2.45) is 0 Å². The van der Waals surface area contributed by atoms with Crippen molar-refractivity contribution in [1.82, 2.24) is 4.98 Å². The van der Waals surface area contributed by atoms with E-state index >= 15 is 0 Å². The maximum absolute atomic E-state index is 11.6. The summed E-state index contributed by atoms with van der Waals surface area (Å²) in [5.41, 5.74) is 4.45. The molecule has 0 fully saturated rings. The fourth-order valence-electron chi connectivity index (χ4n) is 1.81. The predicted molar refractivity (Wildman–Crippen MR) is 70.5 cm³/mol. The molecule has 0 bridgehead atoms.